The van der Waals surface area contributed by atoms with Gasteiger partial charge in [-0.1, -0.05) is 13.3 Å². The molecule has 2 aliphatic carbocycles. The Morgan fingerprint density at radius 1 is 1.20 bits per heavy atom. The molecule has 0 heterocycles. The third-order valence-electron chi connectivity index (χ3n) is 3.35. The van der Waals surface area contributed by atoms with Gasteiger partial charge in [-0.15, -0.1) is 0 Å². The van der Waals surface area contributed by atoms with Crippen molar-refractivity contribution < 1.29 is 5.11 Å². The summed E-state index contributed by atoms with van der Waals surface area (Å²) in [5.41, 5.74) is 0. The molecule has 58 valence electrons. The van der Waals surface area contributed by atoms with Crippen LogP contribution in [0.25, 0.3) is 0 Å². The summed E-state index contributed by atoms with van der Waals surface area (Å²) in [6.07, 6.45) is 5.28. The van der Waals surface area contributed by atoms with Crippen molar-refractivity contribution in [2.24, 2.45) is 17.8 Å². The van der Waals surface area contributed by atoms with Gasteiger partial charge in [0.05, 0.1) is 6.10 Å². The van der Waals surface area contributed by atoms with Crippen molar-refractivity contribution in [2.45, 2.75) is 38.7 Å². The summed E-state index contributed by atoms with van der Waals surface area (Å²) in [6.45, 7) is 2.19. The summed E-state index contributed by atoms with van der Waals surface area (Å²) in [7, 11) is 0. The Labute approximate surface area is 62.4 Å². The predicted molar refractivity (Wildman–Crippen MR) is 40.6 cm³/mol. The fourth-order valence-corrected chi connectivity index (χ4v) is 2.77. The molecule has 0 radical (unpaired) electrons. The number of hydrogen-bond donors (Lipinski definition) is 1. The third-order valence-corrected chi connectivity index (χ3v) is 3.35. The van der Waals surface area contributed by atoms with Gasteiger partial charge in [0.25, 0.3) is 0 Å². The van der Waals surface area contributed by atoms with Gasteiger partial charge in [-0.3, -0.25) is 0 Å². The van der Waals surface area contributed by atoms with E-state index < -0.39 is 0 Å². The van der Waals surface area contributed by atoms with Crippen molar-refractivity contribution in [1.29, 1.82) is 0 Å². The number of hydrogen-bond acceptors (Lipinski definition) is 1. The molecule has 10 heavy (non-hydrogen) atoms. The zero-order valence-corrected chi connectivity index (χ0v) is 6.59. The summed E-state index contributed by atoms with van der Waals surface area (Å²) in [5, 5.41) is 9.66. The lowest BCUT2D eigenvalue weighted by atomic mass is 9.80. The highest BCUT2D eigenvalue weighted by Gasteiger charge is 2.38. The SMILES string of the molecule is CC1CC2CCC(C2)C1O. The monoisotopic (exact) mass is 140 g/mol. The fraction of sp³-hybridized carbons (Fsp3) is 1.00. The summed E-state index contributed by atoms with van der Waals surface area (Å²) >= 11 is 0. The van der Waals surface area contributed by atoms with Crippen LogP contribution in [-0.4, -0.2) is 11.2 Å². The van der Waals surface area contributed by atoms with Gasteiger partial charge in [0.1, 0.15) is 0 Å². The largest absolute Gasteiger partial charge is 0.393 e. The maximum absolute atomic E-state index is 9.66. The molecule has 2 saturated carbocycles. The Kier molecular flexibility index (Phi) is 1.48. The average molecular weight is 140 g/mol. The molecule has 4 atom stereocenters. The Morgan fingerprint density at radius 3 is 2.80 bits per heavy atom. The van der Waals surface area contributed by atoms with Crippen molar-refractivity contribution >= 4 is 0 Å². The minimum absolute atomic E-state index is 0.0266. The van der Waals surface area contributed by atoms with E-state index in [1.807, 2.05) is 0 Å². The van der Waals surface area contributed by atoms with Gasteiger partial charge in [-0.05, 0) is 37.0 Å². The Morgan fingerprint density at radius 2 is 2.00 bits per heavy atom. The first-order chi connectivity index (χ1) is 4.77. The maximum Gasteiger partial charge on any atom is 0.0594 e. The fourth-order valence-electron chi connectivity index (χ4n) is 2.77. The van der Waals surface area contributed by atoms with Crippen LogP contribution < -0.4 is 0 Å². The predicted octanol–water partition coefficient (Wildman–Crippen LogP) is 1.80. The number of aliphatic hydroxyl groups is 1. The van der Waals surface area contributed by atoms with Crippen molar-refractivity contribution in [3.8, 4) is 0 Å². The van der Waals surface area contributed by atoms with Crippen molar-refractivity contribution in [2.75, 3.05) is 0 Å². The lowest BCUT2D eigenvalue weighted by Crippen LogP contribution is -2.30. The zero-order chi connectivity index (χ0) is 7.14. The normalized spacial score (nSPS) is 53.4. The smallest absolute Gasteiger partial charge is 0.0594 e. The van der Waals surface area contributed by atoms with E-state index in [9.17, 15) is 5.11 Å². The second-order valence-corrected chi connectivity index (χ2v) is 4.14. The van der Waals surface area contributed by atoms with Crippen LogP contribution in [0.1, 0.15) is 32.6 Å². The minimum atomic E-state index is 0.0266. The van der Waals surface area contributed by atoms with E-state index in [1.165, 1.54) is 25.7 Å². The Balaban J connectivity index is 2.09. The van der Waals surface area contributed by atoms with Gasteiger partial charge in [0.2, 0.25) is 0 Å². The molecule has 2 rings (SSSR count). The van der Waals surface area contributed by atoms with Gasteiger partial charge >= 0.3 is 0 Å². The quantitative estimate of drug-likeness (QED) is 0.544. The van der Waals surface area contributed by atoms with Crippen LogP contribution in [0.3, 0.4) is 0 Å². The van der Waals surface area contributed by atoms with E-state index in [1.54, 1.807) is 0 Å². The number of rotatable bonds is 0. The molecule has 0 aliphatic heterocycles. The number of fused-ring (bicyclic) bond motifs is 2. The van der Waals surface area contributed by atoms with Crippen LogP contribution in [0.5, 0.6) is 0 Å². The maximum atomic E-state index is 9.66. The molecular weight excluding hydrogens is 124 g/mol. The first kappa shape index (κ1) is 6.66. The molecule has 2 bridgehead atoms. The molecule has 0 aromatic heterocycles. The highest BCUT2D eigenvalue weighted by Crippen LogP contribution is 2.44. The molecule has 1 N–H and O–H groups in total. The Bertz CT molecular complexity index is 133. The molecule has 0 spiro atoms. The Hall–Kier alpha value is -0.0400. The molecule has 2 aliphatic rings. The molecule has 1 heteroatoms. The van der Waals surface area contributed by atoms with Crippen LogP contribution in [0.2, 0.25) is 0 Å². The first-order valence-electron chi connectivity index (χ1n) is 4.45. The van der Waals surface area contributed by atoms with E-state index in [-0.39, 0.29) is 6.10 Å². The minimum Gasteiger partial charge on any atom is -0.393 e. The van der Waals surface area contributed by atoms with Crippen molar-refractivity contribution in [3.05, 3.63) is 0 Å². The van der Waals surface area contributed by atoms with Gasteiger partial charge in [0.15, 0.2) is 0 Å². The summed E-state index contributed by atoms with van der Waals surface area (Å²) in [6, 6.07) is 0. The van der Waals surface area contributed by atoms with Gasteiger partial charge in [-0.2, -0.15) is 0 Å². The molecule has 0 aromatic carbocycles. The van der Waals surface area contributed by atoms with E-state index in [4.69, 9.17) is 0 Å². The van der Waals surface area contributed by atoms with E-state index in [0.717, 1.165) is 5.92 Å². The second kappa shape index (κ2) is 2.23. The van der Waals surface area contributed by atoms with Crippen LogP contribution in [0.15, 0.2) is 0 Å². The van der Waals surface area contributed by atoms with E-state index in [2.05, 4.69) is 6.92 Å². The van der Waals surface area contributed by atoms with Crippen LogP contribution >= 0.6 is 0 Å². The van der Waals surface area contributed by atoms with Gasteiger partial charge in [-0.25, -0.2) is 0 Å². The van der Waals surface area contributed by atoms with Crippen LogP contribution in [0.4, 0.5) is 0 Å². The molecule has 0 aromatic rings. The van der Waals surface area contributed by atoms with Crippen LogP contribution in [0, 0.1) is 17.8 Å². The third kappa shape index (κ3) is 0.878. The highest BCUT2D eigenvalue weighted by molar-refractivity contribution is 4.89. The molecular formula is C9H16O. The van der Waals surface area contributed by atoms with E-state index >= 15 is 0 Å². The van der Waals surface area contributed by atoms with Gasteiger partial charge in [0, 0.05) is 0 Å². The standard InChI is InChI=1S/C9H16O/c1-6-4-7-2-3-8(5-7)9(6)10/h6-10H,2-5H2,1H3. The topological polar surface area (TPSA) is 20.2 Å². The zero-order valence-electron chi connectivity index (χ0n) is 6.59. The van der Waals surface area contributed by atoms with Crippen molar-refractivity contribution in [3.63, 3.8) is 0 Å². The summed E-state index contributed by atoms with van der Waals surface area (Å²) in [5.74, 6) is 2.20. The summed E-state index contributed by atoms with van der Waals surface area (Å²) < 4.78 is 0. The first-order valence-corrected chi connectivity index (χ1v) is 4.45. The second-order valence-electron chi connectivity index (χ2n) is 4.14. The number of aliphatic hydroxyl groups excluding tert-OH is 1. The van der Waals surface area contributed by atoms with E-state index in [0.29, 0.717) is 11.8 Å². The molecule has 1 nitrogen and oxygen atoms in total. The van der Waals surface area contributed by atoms with Crippen molar-refractivity contribution in [1.82, 2.24) is 0 Å². The summed E-state index contributed by atoms with van der Waals surface area (Å²) in [4.78, 5) is 0. The average Bonchev–Trinajstić information content (AvgIpc) is 2.29. The highest BCUT2D eigenvalue weighted by atomic mass is 16.3. The lowest BCUT2D eigenvalue weighted by molar-refractivity contribution is 0.0304. The van der Waals surface area contributed by atoms with Crippen LogP contribution in [-0.2, 0) is 0 Å². The van der Waals surface area contributed by atoms with Gasteiger partial charge < -0.3 is 5.11 Å². The lowest BCUT2D eigenvalue weighted by Gasteiger charge is -2.30. The molecule has 0 amide bonds. The molecule has 2 fully saturated rings. The molecule has 0 saturated heterocycles. The molecule has 4 unspecified atom stereocenters.